The number of nitrogens with zero attached hydrogens (tertiary/aromatic N) is 2. The maximum Gasteiger partial charge on any atom is 0.254 e. The molecule has 7 heteroatoms. The Kier molecular flexibility index (Phi) is 5.14. The quantitative estimate of drug-likeness (QED) is 0.918. The van der Waals surface area contributed by atoms with Crippen molar-refractivity contribution in [3.8, 4) is 0 Å². The van der Waals surface area contributed by atoms with Crippen molar-refractivity contribution in [2.24, 2.45) is 0 Å². The van der Waals surface area contributed by atoms with Crippen molar-refractivity contribution in [3.63, 3.8) is 0 Å². The molecule has 1 aromatic carbocycles. The zero-order valence-electron chi connectivity index (χ0n) is 14.3. The minimum Gasteiger partial charge on any atom is -0.375 e. The first-order chi connectivity index (χ1) is 12.0. The van der Waals surface area contributed by atoms with E-state index in [-0.39, 0.29) is 24.3 Å². The van der Waals surface area contributed by atoms with Crippen molar-refractivity contribution >= 4 is 17.5 Å². The van der Waals surface area contributed by atoms with E-state index in [9.17, 15) is 9.59 Å². The number of amides is 2. The molecule has 1 unspecified atom stereocenters. The van der Waals surface area contributed by atoms with Gasteiger partial charge in [-0.25, -0.2) is 0 Å². The number of aryl methyl sites for hydroxylation is 1. The molecule has 1 N–H and O–H groups in total. The normalized spacial score (nSPS) is 17.4. The van der Waals surface area contributed by atoms with E-state index >= 15 is 0 Å². The van der Waals surface area contributed by atoms with E-state index in [0.29, 0.717) is 42.4 Å². The molecule has 0 aliphatic carbocycles. The molecule has 0 saturated carbocycles. The summed E-state index contributed by atoms with van der Waals surface area (Å²) in [6.07, 6.45) is 0.195. The van der Waals surface area contributed by atoms with E-state index in [1.807, 2.05) is 6.92 Å². The number of hydrogen-bond acceptors (Lipinski definition) is 5. The molecule has 0 radical (unpaired) electrons. The van der Waals surface area contributed by atoms with Gasteiger partial charge >= 0.3 is 0 Å². The first-order valence-electron chi connectivity index (χ1n) is 8.24. The molecule has 0 spiro atoms. The maximum absolute atomic E-state index is 12.5. The van der Waals surface area contributed by atoms with Crippen molar-refractivity contribution in [3.05, 3.63) is 47.3 Å². The van der Waals surface area contributed by atoms with Gasteiger partial charge in [0.1, 0.15) is 5.76 Å². The largest absolute Gasteiger partial charge is 0.375 e. The second kappa shape index (κ2) is 7.48. The van der Waals surface area contributed by atoms with E-state index in [0.717, 1.165) is 0 Å². The predicted octanol–water partition coefficient (Wildman–Crippen LogP) is 2.03. The average Bonchev–Trinajstić information content (AvgIpc) is 2.99. The standard InChI is InChI=1S/C18H21N3O4/c1-12-9-16(20-25-12)10-17(22)19-15-5-3-14(4-6-15)18(23)21-7-8-24-13(2)11-21/h3-6,9,13H,7-8,10-11H2,1-2H3,(H,19,22). The van der Waals surface area contributed by atoms with Gasteiger partial charge in [-0.05, 0) is 38.1 Å². The Hall–Kier alpha value is -2.67. The number of nitrogens with one attached hydrogen (secondary N) is 1. The summed E-state index contributed by atoms with van der Waals surface area (Å²) in [4.78, 5) is 26.3. The highest BCUT2D eigenvalue weighted by atomic mass is 16.5. The van der Waals surface area contributed by atoms with Crippen molar-refractivity contribution in [1.82, 2.24) is 10.1 Å². The third-order valence-electron chi connectivity index (χ3n) is 3.96. The van der Waals surface area contributed by atoms with Crippen LogP contribution in [0.15, 0.2) is 34.9 Å². The lowest BCUT2D eigenvalue weighted by Crippen LogP contribution is -2.44. The Labute approximate surface area is 145 Å². The fourth-order valence-corrected chi connectivity index (χ4v) is 2.75. The number of hydrogen-bond donors (Lipinski definition) is 1. The van der Waals surface area contributed by atoms with Crippen LogP contribution in [0.25, 0.3) is 0 Å². The number of aromatic nitrogens is 1. The monoisotopic (exact) mass is 343 g/mol. The molecule has 0 bridgehead atoms. The zero-order valence-corrected chi connectivity index (χ0v) is 14.3. The third-order valence-corrected chi connectivity index (χ3v) is 3.96. The van der Waals surface area contributed by atoms with Crippen LogP contribution in [0.1, 0.15) is 28.7 Å². The first kappa shape index (κ1) is 17.2. The van der Waals surface area contributed by atoms with Gasteiger partial charge in [0.05, 0.1) is 24.8 Å². The Morgan fingerprint density at radius 2 is 2.08 bits per heavy atom. The van der Waals surface area contributed by atoms with Crippen molar-refractivity contribution < 1.29 is 18.8 Å². The van der Waals surface area contributed by atoms with Crippen LogP contribution in [-0.4, -0.2) is 47.7 Å². The van der Waals surface area contributed by atoms with Gasteiger partial charge in [-0.1, -0.05) is 5.16 Å². The second-order valence-electron chi connectivity index (χ2n) is 6.16. The van der Waals surface area contributed by atoms with E-state index in [4.69, 9.17) is 9.26 Å². The van der Waals surface area contributed by atoms with Gasteiger partial charge in [0.15, 0.2) is 0 Å². The Balaban J connectivity index is 1.58. The van der Waals surface area contributed by atoms with E-state index in [1.54, 1.807) is 42.2 Å². The van der Waals surface area contributed by atoms with Crippen LogP contribution in [0.2, 0.25) is 0 Å². The van der Waals surface area contributed by atoms with E-state index in [2.05, 4.69) is 10.5 Å². The summed E-state index contributed by atoms with van der Waals surface area (Å²) in [7, 11) is 0. The summed E-state index contributed by atoms with van der Waals surface area (Å²) in [5.74, 6) is 0.462. The number of rotatable bonds is 4. The van der Waals surface area contributed by atoms with Gasteiger partial charge < -0.3 is 19.5 Å². The van der Waals surface area contributed by atoms with Gasteiger partial charge in [0.2, 0.25) is 5.91 Å². The summed E-state index contributed by atoms with van der Waals surface area (Å²) in [5.41, 5.74) is 1.82. The highest BCUT2D eigenvalue weighted by Crippen LogP contribution is 2.14. The minimum atomic E-state index is -0.186. The van der Waals surface area contributed by atoms with E-state index in [1.165, 1.54) is 0 Å². The van der Waals surface area contributed by atoms with Crippen LogP contribution in [0.5, 0.6) is 0 Å². The van der Waals surface area contributed by atoms with Crippen LogP contribution in [-0.2, 0) is 16.0 Å². The smallest absolute Gasteiger partial charge is 0.254 e. The van der Waals surface area contributed by atoms with Gasteiger partial charge in [-0.2, -0.15) is 0 Å². The van der Waals surface area contributed by atoms with Crippen LogP contribution < -0.4 is 5.32 Å². The molecule has 1 aliphatic heterocycles. The highest BCUT2D eigenvalue weighted by molar-refractivity contribution is 5.96. The Morgan fingerprint density at radius 3 is 2.72 bits per heavy atom. The number of ether oxygens (including phenoxy) is 1. The lowest BCUT2D eigenvalue weighted by atomic mass is 10.1. The molecular formula is C18H21N3O4. The molecule has 25 heavy (non-hydrogen) atoms. The van der Waals surface area contributed by atoms with Crippen LogP contribution in [0.4, 0.5) is 5.69 Å². The summed E-state index contributed by atoms with van der Waals surface area (Å²) in [6.45, 7) is 5.48. The number of carbonyl (C=O) groups excluding carboxylic acids is 2. The number of anilines is 1. The maximum atomic E-state index is 12.5. The predicted molar refractivity (Wildman–Crippen MR) is 91.3 cm³/mol. The highest BCUT2D eigenvalue weighted by Gasteiger charge is 2.22. The lowest BCUT2D eigenvalue weighted by molar-refractivity contribution is -0.115. The molecule has 132 valence electrons. The third kappa shape index (κ3) is 4.45. The molecule has 1 aliphatic rings. The fraction of sp³-hybridized carbons (Fsp3) is 0.389. The molecule has 1 fully saturated rings. The molecule has 3 rings (SSSR count). The SMILES string of the molecule is Cc1cc(CC(=O)Nc2ccc(C(=O)N3CCOC(C)C3)cc2)no1. The number of morpholine rings is 1. The van der Waals surface area contributed by atoms with Crippen LogP contribution in [0.3, 0.4) is 0 Å². The Morgan fingerprint density at radius 1 is 1.32 bits per heavy atom. The summed E-state index contributed by atoms with van der Waals surface area (Å²) in [5, 5.41) is 6.58. The van der Waals surface area contributed by atoms with Gasteiger partial charge in [-0.15, -0.1) is 0 Å². The number of carbonyl (C=O) groups is 2. The average molecular weight is 343 g/mol. The van der Waals surface area contributed by atoms with Crippen molar-refractivity contribution in [1.29, 1.82) is 0 Å². The van der Waals surface area contributed by atoms with E-state index < -0.39 is 0 Å². The molecule has 2 heterocycles. The molecule has 1 aromatic heterocycles. The molecule has 2 aromatic rings. The lowest BCUT2D eigenvalue weighted by Gasteiger charge is -2.31. The molecule has 1 saturated heterocycles. The zero-order chi connectivity index (χ0) is 17.8. The molecule has 7 nitrogen and oxygen atoms in total. The van der Waals surface area contributed by atoms with Crippen LogP contribution in [0, 0.1) is 6.92 Å². The summed E-state index contributed by atoms with van der Waals surface area (Å²) in [6, 6.07) is 8.62. The Bertz CT molecular complexity index is 754. The van der Waals surface area contributed by atoms with Crippen molar-refractivity contribution in [2.45, 2.75) is 26.4 Å². The molecule has 2 amide bonds. The minimum absolute atomic E-state index is 0.0221. The molecule has 1 atom stereocenters. The summed E-state index contributed by atoms with van der Waals surface area (Å²) < 4.78 is 10.4. The van der Waals surface area contributed by atoms with Crippen LogP contribution >= 0.6 is 0 Å². The van der Waals surface area contributed by atoms with Gasteiger partial charge in [-0.3, -0.25) is 9.59 Å². The second-order valence-corrected chi connectivity index (χ2v) is 6.16. The topological polar surface area (TPSA) is 84.7 Å². The van der Waals surface area contributed by atoms with Gasteiger partial charge in [0.25, 0.3) is 5.91 Å². The fourth-order valence-electron chi connectivity index (χ4n) is 2.75. The summed E-state index contributed by atoms with van der Waals surface area (Å²) >= 11 is 0. The first-order valence-corrected chi connectivity index (χ1v) is 8.24. The number of benzene rings is 1. The van der Waals surface area contributed by atoms with Gasteiger partial charge in [0, 0.05) is 30.4 Å². The van der Waals surface area contributed by atoms with Crippen molar-refractivity contribution in [2.75, 3.05) is 25.0 Å². The molecular weight excluding hydrogens is 322 g/mol.